The highest BCUT2D eigenvalue weighted by molar-refractivity contribution is 4.78. The predicted octanol–water partition coefficient (Wildman–Crippen LogP) is 0.131. The average molecular weight is 144 g/mol. The molecule has 1 aromatic rings. The molecular weight excluding hydrogens is 135 g/mol. The lowest BCUT2D eigenvalue weighted by Crippen LogP contribution is -2.07. The van der Waals surface area contributed by atoms with Gasteiger partial charge in [0.2, 0.25) is 0 Å². The van der Waals surface area contributed by atoms with Crippen molar-refractivity contribution in [2.24, 2.45) is 7.05 Å². The Morgan fingerprint density at radius 3 is 2.90 bits per heavy atom. The number of halogens is 1. The molecule has 0 unspecified atom stereocenters. The quantitative estimate of drug-likeness (QED) is 0.553. The van der Waals surface area contributed by atoms with Gasteiger partial charge in [-0.05, 0) is 0 Å². The first-order chi connectivity index (χ1) is 4.68. The van der Waals surface area contributed by atoms with E-state index < -0.39 is 0 Å². The molecule has 0 bridgehead atoms. The minimum atomic E-state index is 0.140. The van der Waals surface area contributed by atoms with Crippen LogP contribution in [0, 0.1) is 0 Å². The smallest absolute Gasteiger partial charge is 0.167 e. The second kappa shape index (κ2) is 2.74. The molecular formula is C5H9FN4. The summed E-state index contributed by atoms with van der Waals surface area (Å²) in [5.41, 5.74) is 0. The standard InChI is InChI=1S/C5H9FN4/c1-9(6)3-5-7-4-10(2)8-5/h4H,3H2,1-2H3. The van der Waals surface area contributed by atoms with Crippen molar-refractivity contribution in [3.8, 4) is 0 Å². The summed E-state index contributed by atoms with van der Waals surface area (Å²) in [7, 11) is 3.07. The highest BCUT2D eigenvalue weighted by Gasteiger charge is 2.00. The molecule has 5 heteroatoms. The van der Waals surface area contributed by atoms with E-state index in [-0.39, 0.29) is 6.54 Å². The molecule has 56 valence electrons. The molecule has 0 amide bonds. The lowest BCUT2D eigenvalue weighted by molar-refractivity contribution is 0.0475. The zero-order chi connectivity index (χ0) is 7.56. The Morgan fingerprint density at radius 1 is 1.80 bits per heavy atom. The van der Waals surface area contributed by atoms with Crippen LogP contribution in [0.4, 0.5) is 4.48 Å². The van der Waals surface area contributed by atoms with E-state index in [1.54, 1.807) is 18.1 Å². The van der Waals surface area contributed by atoms with E-state index in [0.717, 1.165) is 0 Å². The van der Waals surface area contributed by atoms with Gasteiger partial charge in [0, 0.05) is 14.1 Å². The number of hydrogen-bond acceptors (Lipinski definition) is 3. The van der Waals surface area contributed by atoms with Crippen molar-refractivity contribution >= 4 is 0 Å². The van der Waals surface area contributed by atoms with Crippen LogP contribution in [0.2, 0.25) is 0 Å². The molecule has 0 aliphatic heterocycles. The van der Waals surface area contributed by atoms with Gasteiger partial charge in [-0.2, -0.15) is 5.10 Å². The zero-order valence-corrected chi connectivity index (χ0v) is 5.95. The minimum absolute atomic E-state index is 0.140. The monoisotopic (exact) mass is 144 g/mol. The zero-order valence-electron chi connectivity index (χ0n) is 5.95. The summed E-state index contributed by atoms with van der Waals surface area (Å²) >= 11 is 0. The molecule has 0 atom stereocenters. The van der Waals surface area contributed by atoms with E-state index in [1.165, 1.54) is 7.05 Å². The van der Waals surface area contributed by atoms with E-state index >= 15 is 0 Å². The van der Waals surface area contributed by atoms with Crippen molar-refractivity contribution in [1.82, 2.24) is 19.9 Å². The van der Waals surface area contributed by atoms with Gasteiger partial charge in [-0.1, -0.05) is 0 Å². The number of aryl methyl sites for hydroxylation is 1. The van der Waals surface area contributed by atoms with Crippen LogP contribution in [0.1, 0.15) is 5.82 Å². The third kappa shape index (κ3) is 1.77. The van der Waals surface area contributed by atoms with Crippen LogP contribution >= 0.6 is 0 Å². The highest BCUT2D eigenvalue weighted by atomic mass is 19.2. The van der Waals surface area contributed by atoms with Crippen molar-refractivity contribution in [2.75, 3.05) is 7.05 Å². The molecule has 4 nitrogen and oxygen atoms in total. The molecule has 0 spiro atoms. The van der Waals surface area contributed by atoms with Crippen LogP contribution < -0.4 is 0 Å². The van der Waals surface area contributed by atoms with Gasteiger partial charge in [0.05, 0.1) is 6.54 Å². The van der Waals surface area contributed by atoms with Gasteiger partial charge in [0.1, 0.15) is 6.33 Å². The molecule has 1 heterocycles. The number of rotatable bonds is 2. The second-order valence-electron chi connectivity index (χ2n) is 2.10. The molecule has 0 aliphatic rings. The molecule has 1 rings (SSSR count). The highest BCUT2D eigenvalue weighted by Crippen LogP contribution is 1.93. The van der Waals surface area contributed by atoms with Crippen molar-refractivity contribution < 1.29 is 4.48 Å². The van der Waals surface area contributed by atoms with Gasteiger partial charge in [-0.3, -0.25) is 4.68 Å². The van der Waals surface area contributed by atoms with Gasteiger partial charge in [0.25, 0.3) is 0 Å². The molecule has 10 heavy (non-hydrogen) atoms. The third-order valence-corrected chi connectivity index (χ3v) is 1.01. The van der Waals surface area contributed by atoms with Crippen LogP contribution in [-0.4, -0.2) is 26.9 Å². The van der Waals surface area contributed by atoms with Crippen LogP contribution in [0.25, 0.3) is 0 Å². The summed E-state index contributed by atoms with van der Waals surface area (Å²) in [6, 6.07) is 0. The van der Waals surface area contributed by atoms with Crippen molar-refractivity contribution in [3.05, 3.63) is 12.2 Å². The Morgan fingerprint density at radius 2 is 2.50 bits per heavy atom. The molecule has 0 fully saturated rings. The summed E-state index contributed by atoms with van der Waals surface area (Å²) in [5.74, 6) is 0.493. The number of aromatic nitrogens is 3. The first kappa shape index (κ1) is 7.14. The Balaban J connectivity index is 2.58. The number of nitrogens with zero attached hydrogens (tertiary/aromatic N) is 4. The molecule has 0 N–H and O–H groups in total. The Bertz CT molecular complexity index is 207. The Kier molecular flexibility index (Phi) is 1.96. The first-order valence-corrected chi connectivity index (χ1v) is 2.90. The maximum atomic E-state index is 12.1. The van der Waals surface area contributed by atoms with Gasteiger partial charge < -0.3 is 0 Å². The van der Waals surface area contributed by atoms with Gasteiger partial charge in [0.15, 0.2) is 5.82 Å². The Hall–Kier alpha value is -0.970. The van der Waals surface area contributed by atoms with E-state index in [1.807, 2.05) is 0 Å². The van der Waals surface area contributed by atoms with E-state index in [4.69, 9.17) is 0 Å². The van der Waals surface area contributed by atoms with Crippen LogP contribution in [-0.2, 0) is 13.6 Å². The Labute approximate surface area is 58.2 Å². The average Bonchev–Trinajstić information content (AvgIpc) is 2.13. The summed E-state index contributed by atoms with van der Waals surface area (Å²) < 4.78 is 13.7. The van der Waals surface area contributed by atoms with Gasteiger partial charge >= 0.3 is 0 Å². The molecule has 1 aromatic heterocycles. The van der Waals surface area contributed by atoms with E-state index in [2.05, 4.69) is 10.1 Å². The van der Waals surface area contributed by atoms with Gasteiger partial charge in [-0.15, -0.1) is 9.60 Å². The SMILES string of the molecule is CN(F)Cc1ncn(C)n1. The summed E-state index contributed by atoms with van der Waals surface area (Å²) in [5, 5.41) is 4.41. The molecule has 0 saturated heterocycles. The van der Waals surface area contributed by atoms with Crippen LogP contribution in [0.5, 0.6) is 0 Å². The third-order valence-electron chi connectivity index (χ3n) is 1.01. The predicted molar refractivity (Wildman–Crippen MR) is 33.6 cm³/mol. The molecule has 0 radical (unpaired) electrons. The fraction of sp³-hybridized carbons (Fsp3) is 0.600. The maximum Gasteiger partial charge on any atom is 0.167 e. The lowest BCUT2D eigenvalue weighted by atomic mass is 10.6. The summed E-state index contributed by atoms with van der Waals surface area (Å²) in [4.78, 5) is 3.83. The summed E-state index contributed by atoms with van der Waals surface area (Å²) in [6.45, 7) is 0.140. The fourth-order valence-electron chi connectivity index (χ4n) is 0.651. The largest absolute Gasteiger partial charge is 0.256 e. The van der Waals surface area contributed by atoms with E-state index in [9.17, 15) is 4.48 Å². The topological polar surface area (TPSA) is 34.0 Å². The van der Waals surface area contributed by atoms with E-state index in [0.29, 0.717) is 10.9 Å². The lowest BCUT2D eigenvalue weighted by Gasteiger charge is -1.98. The van der Waals surface area contributed by atoms with Crippen LogP contribution in [0.15, 0.2) is 6.33 Å². The fourth-order valence-corrected chi connectivity index (χ4v) is 0.651. The molecule has 0 aromatic carbocycles. The normalized spacial score (nSPS) is 10.8. The van der Waals surface area contributed by atoms with Crippen molar-refractivity contribution in [3.63, 3.8) is 0 Å². The molecule has 0 aliphatic carbocycles. The van der Waals surface area contributed by atoms with Crippen molar-refractivity contribution in [2.45, 2.75) is 6.54 Å². The van der Waals surface area contributed by atoms with Crippen molar-refractivity contribution in [1.29, 1.82) is 0 Å². The van der Waals surface area contributed by atoms with Gasteiger partial charge in [-0.25, -0.2) is 4.98 Å². The summed E-state index contributed by atoms with van der Waals surface area (Å²) in [6.07, 6.45) is 1.54. The first-order valence-electron chi connectivity index (χ1n) is 2.90. The number of hydrogen-bond donors (Lipinski definition) is 0. The second-order valence-corrected chi connectivity index (χ2v) is 2.10. The maximum absolute atomic E-state index is 12.1. The van der Waals surface area contributed by atoms with Crippen LogP contribution in [0.3, 0.4) is 0 Å². The molecule has 0 saturated carbocycles. The minimum Gasteiger partial charge on any atom is -0.256 e.